The lowest BCUT2D eigenvalue weighted by Crippen LogP contribution is -2.58. The minimum Gasteiger partial charge on any atom is -0.480 e. The third kappa shape index (κ3) is 8.26. The quantitative estimate of drug-likeness (QED) is 0.182. The molecule has 0 aliphatic carbocycles. The number of H-pyrrole nitrogens is 1. The first kappa shape index (κ1) is 24.6. The molecule has 0 saturated heterocycles. The molecule has 1 heterocycles. The van der Waals surface area contributed by atoms with Crippen LogP contribution in [0.5, 0.6) is 0 Å². The number of carboxylic acids is 1. The molecule has 166 valence electrons. The van der Waals surface area contributed by atoms with Gasteiger partial charge in [-0.2, -0.15) is 0 Å². The predicted molar refractivity (Wildman–Crippen MR) is 103 cm³/mol. The van der Waals surface area contributed by atoms with E-state index < -0.39 is 66.6 Å². The van der Waals surface area contributed by atoms with Crippen molar-refractivity contribution in [3.8, 4) is 0 Å². The van der Waals surface area contributed by atoms with Crippen molar-refractivity contribution in [3.05, 3.63) is 18.2 Å². The molecule has 1 aromatic rings. The molecule has 0 fully saturated rings. The van der Waals surface area contributed by atoms with Gasteiger partial charge in [-0.15, -0.1) is 0 Å². The van der Waals surface area contributed by atoms with Gasteiger partial charge in [-0.3, -0.25) is 24.0 Å². The monoisotopic (exact) mass is 425 g/mol. The summed E-state index contributed by atoms with van der Waals surface area (Å²) in [7, 11) is 0. The molecule has 0 bridgehead atoms. The smallest absolute Gasteiger partial charge is 0.322 e. The van der Waals surface area contributed by atoms with Crippen LogP contribution in [-0.2, 0) is 30.4 Å². The number of carboxylic acid groups (broad SMARTS) is 1. The van der Waals surface area contributed by atoms with E-state index in [1.807, 2.05) is 0 Å². The molecule has 30 heavy (non-hydrogen) atoms. The maximum absolute atomic E-state index is 12.6. The van der Waals surface area contributed by atoms with Crippen molar-refractivity contribution in [2.24, 2.45) is 17.4 Å². The van der Waals surface area contributed by atoms with Crippen molar-refractivity contribution in [2.45, 2.75) is 44.8 Å². The van der Waals surface area contributed by atoms with Crippen LogP contribution in [0.2, 0.25) is 0 Å². The zero-order valence-electron chi connectivity index (χ0n) is 16.7. The van der Waals surface area contributed by atoms with Crippen LogP contribution >= 0.6 is 0 Å². The van der Waals surface area contributed by atoms with Crippen LogP contribution in [-0.4, -0.2) is 69.3 Å². The third-order valence-electron chi connectivity index (χ3n) is 4.03. The van der Waals surface area contributed by atoms with Gasteiger partial charge in [0.15, 0.2) is 0 Å². The van der Waals surface area contributed by atoms with E-state index in [2.05, 4.69) is 25.9 Å². The molecule has 4 amide bonds. The number of nitrogens with zero attached hydrogens (tertiary/aromatic N) is 1. The SMILES string of the molecule is CC(C)C(NC(=O)C(CC(N)=O)NC(=O)C(N)Cc1cnc[nH]1)C(=O)NCC(=O)O. The van der Waals surface area contributed by atoms with Gasteiger partial charge >= 0.3 is 5.97 Å². The number of amides is 4. The van der Waals surface area contributed by atoms with Crippen molar-refractivity contribution < 1.29 is 29.1 Å². The molecule has 9 N–H and O–H groups in total. The van der Waals surface area contributed by atoms with E-state index in [1.54, 1.807) is 13.8 Å². The summed E-state index contributed by atoms with van der Waals surface area (Å²) in [5.41, 5.74) is 11.6. The molecule has 1 rings (SSSR count). The number of carbonyl (C=O) groups is 5. The summed E-state index contributed by atoms with van der Waals surface area (Å²) in [6.45, 7) is 2.64. The van der Waals surface area contributed by atoms with Gasteiger partial charge in [-0.25, -0.2) is 4.98 Å². The van der Waals surface area contributed by atoms with Crippen LogP contribution < -0.4 is 27.4 Å². The highest BCUT2D eigenvalue weighted by molar-refractivity contribution is 5.96. The molecule has 0 saturated carbocycles. The summed E-state index contributed by atoms with van der Waals surface area (Å²) in [5, 5.41) is 15.6. The molecule has 1 aromatic heterocycles. The molecule has 0 spiro atoms. The third-order valence-corrected chi connectivity index (χ3v) is 4.03. The Bertz CT molecular complexity index is 765. The average Bonchev–Trinajstić information content (AvgIpc) is 3.15. The Morgan fingerprint density at radius 3 is 2.30 bits per heavy atom. The molecule has 0 radical (unpaired) electrons. The van der Waals surface area contributed by atoms with E-state index >= 15 is 0 Å². The number of primary amides is 1. The van der Waals surface area contributed by atoms with Gasteiger partial charge < -0.3 is 37.5 Å². The van der Waals surface area contributed by atoms with Gasteiger partial charge in [-0.05, 0) is 5.92 Å². The van der Waals surface area contributed by atoms with Crippen LogP contribution in [0.3, 0.4) is 0 Å². The Morgan fingerprint density at radius 1 is 1.13 bits per heavy atom. The van der Waals surface area contributed by atoms with E-state index in [4.69, 9.17) is 16.6 Å². The van der Waals surface area contributed by atoms with E-state index in [0.717, 1.165) is 0 Å². The lowest BCUT2D eigenvalue weighted by molar-refractivity contribution is -0.139. The Morgan fingerprint density at radius 2 is 1.80 bits per heavy atom. The number of aromatic amines is 1. The fourth-order valence-corrected chi connectivity index (χ4v) is 2.48. The predicted octanol–water partition coefficient (Wildman–Crippen LogP) is -3.02. The minimum absolute atomic E-state index is 0.114. The summed E-state index contributed by atoms with van der Waals surface area (Å²) >= 11 is 0. The van der Waals surface area contributed by atoms with Crippen LogP contribution in [0, 0.1) is 5.92 Å². The zero-order chi connectivity index (χ0) is 22.8. The van der Waals surface area contributed by atoms with E-state index in [1.165, 1.54) is 12.5 Å². The van der Waals surface area contributed by atoms with Crippen LogP contribution in [0.1, 0.15) is 26.0 Å². The lowest BCUT2D eigenvalue weighted by Gasteiger charge is -2.25. The first-order valence-corrected chi connectivity index (χ1v) is 9.12. The zero-order valence-corrected chi connectivity index (χ0v) is 16.7. The van der Waals surface area contributed by atoms with Gasteiger partial charge in [0.05, 0.1) is 18.8 Å². The number of rotatable bonds is 12. The Kier molecular flexibility index (Phi) is 9.42. The highest BCUT2D eigenvalue weighted by atomic mass is 16.4. The minimum atomic E-state index is -1.36. The topological polar surface area (TPSA) is 222 Å². The molecule has 3 atom stereocenters. The van der Waals surface area contributed by atoms with Crippen LogP contribution in [0.25, 0.3) is 0 Å². The lowest BCUT2D eigenvalue weighted by atomic mass is 10.0. The van der Waals surface area contributed by atoms with Crippen LogP contribution in [0.15, 0.2) is 12.5 Å². The van der Waals surface area contributed by atoms with Crippen molar-refractivity contribution in [1.29, 1.82) is 0 Å². The van der Waals surface area contributed by atoms with E-state index in [9.17, 15) is 24.0 Å². The van der Waals surface area contributed by atoms with Gasteiger partial charge in [0, 0.05) is 18.3 Å². The number of aromatic nitrogens is 2. The highest BCUT2D eigenvalue weighted by Gasteiger charge is 2.30. The summed E-state index contributed by atoms with van der Waals surface area (Å²) in [6, 6.07) is -3.49. The van der Waals surface area contributed by atoms with E-state index in [0.29, 0.717) is 5.69 Å². The summed E-state index contributed by atoms with van der Waals surface area (Å²) in [5.74, 6) is -4.77. The summed E-state index contributed by atoms with van der Waals surface area (Å²) < 4.78 is 0. The first-order valence-electron chi connectivity index (χ1n) is 9.12. The molecule has 3 unspecified atom stereocenters. The molecular weight excluding hydrogens is 398 g/mol. The van der Waals surface area contributed by atoms with Gasteiger partial charge in [0.2, 0.25) is 23.6 Å². The summed E-state index contributed by atoms with van der Waals surface area (Å²) in [6.07, 6.45) is 2.51. The van der Waals surface area contributed by atoms with Crippen molar-refractivity contribution in [1.82, 2.24) is 25.9 Å². The van der Waals surface area contributed by atoms with Crippen molar-refractivity contribution in [3.63, 3.8) is 0 Å². The average molecular weight is 425 g/mol. The van der Waals surface area contributed by atoms with E-state index in [-0.39, 0.29) is 6.42 Å². The van der Waals surface area contributed by atoms with Gasteiger partial charge in [0.25, 0.3) is 0 Å². The summed E-state index contributed by atoms with van der Waals surface area (Å²) in [4.78, 5) is 65.7. The molecule has 0 aromatic carbocycles. The second kappa shape index (κ2) is 11.5. The largest absolute Gasteiger partial charge is 0.480 e. The second-order valence-electron chi connectivity index (χ2n) is 6.96. The Hall–Kier alpha value is -3.48. The number of nitrogens with two attached hydrogens (primary N) is 2. The Labute approximate surface area is 172 Å². The molecule has 13 heteroatoms. The van der Waals surface area contributed by atoms with Crippen molar-refractivity contribution in [2.75, 3.05) is 6.54 Å². The second-order valence-corrected chi connectivity index (χ2v) is 6.96. The maximum Gasteiger partial charge on any atom is 0.322 e. The standard InChI is InChI=1S/C17H27N7O6/c1-8(2)14(17(30)21-6-13(26)27)24-16(29)11(4-12(19)25)23-15(28)10(18)3-9-5-20-7-22-9/h5,7-8,10-11,14H,3-4,6,18H2,1-2H3,(H2,19,25)(H,20,22)(H,21,30)(H,23,28)(H,24,29)(H,26,27). The number of hydrogen-bond acceptors (Lipinski definition) is 7. The highest BCUT2D eigenvalue weighted by Crippen LogP contribution is 2.04. The van der Waals surface area contributed by atoms with Crippen molar-refractivity contribution >= 4 is 29.6 Å². The van der Waals surface area contributed by atoms with Crippen LogP contribution in [0.4, 0.5) is 0 Å². The number of nitrogens with one attached hydrogen (secondary N) is 4. The maximum atomic E-state index is 12.6. The number of carbonyl (C=O) groups excluding carboxylic acids is 4. The molecular formula is C17H27N7O6. The fraction of sp³-hybridized carbons (Fsp3) is 0.529. The first-order chi connectivity index (χ1) is 14.0. The van der Waals surface area contributed by atoms with Gasteiger partial charge in [-0.1, -0.05) is 13.8 Å². The number of aliphatic carboxylic acids is 1. The van der Waals surface area contributed by atoms with Gasteiger partial charge in [0.1, 0.15) is 18.6 Å². The Balaban J connectivity index is 2.82. The fourth-order valence-electron chi connectivity index (χ4n) is 2.48. The normalized spacial score (nSPS) is 13.7. The number of hydrogen-bond donors (Lipinski definition) is 7. The molecule has 13 nitrogen and oxygen atoms in total. The number of imidazole rings is 1. The molecule has 0 aliphatic rings. The molecule has 0 aliphatic heterocycles.